The van der Waals surface area contributed by atoms with Crippen LogP contribution in [0.15, 0.2) is 43.8 Å². The highest BCUT2D eigenvalue weighted by Crippen LogP contribution is 2.41. The zero-order chi connectivity index (χ0) is 24.1. The van der Waals surface area contributed by atoms with Crippen molar-refractivity contribution in [3.8, 4) is 0 Å². The zero-order valence-electron chi connectivity index (χ0n) is 17.8. The normalized spacial score (nSPS) is 19.8. The number of oxazole rings is 1. The summed E-state index contributed by atoms with van der Waals surface area (Å²) < 4.78 is 7.82. The quantitative estimate of drug-likeness (QED) is 0.338. The average molecular weight is 504 g/mol. The molecule has 5 rings (SSSR count). The molecule has 34 heavy (non-hydrogen) atoms. The number of benzene rings is 1. The minimum Gasteiger partial charge on any atom is -0.477 e. The van der Waals surface area contributed by atoms with Crippen molar-refractivity contribution in [1.29, 1.82) is 0 Å². The van der Waals surface area contributed by atoms with Crippen LogP contribution in [0.4, 0.5) is 0 Å². The Kier molecular flexibility index (Phi) is 5.44. The maximum absolute atomic E-state index is 12.9. The molecule has 2 atom stereocenters. The van der Waals surface area contributed by atoms with Crippen LogP contribution in [0.1, 0.15) is 10.4 Å². The Labute approximate surface area is 199 Å². The number of nitrogens with one attached hydrogen (secondary N) is 1. The maximum Gasteiger partial charge on any atom is 0.419 e. The number of carbonyl (C=O) groups excluding carboxylic acids is 2. The van der Waals surface area contributed by atoms with E-state index in [1.165, 1.54) is 62.9 Å². The summed E-state index contributed by atoms with van der Waals surface area (Å²) >= 11 is 2.65. The van der Waals surface area contributed by atoms with Crippen LogP contribution >= 0.6 is 23.5 Å². The molecule has 0 bridgehead atoms. The number of aromatic nitrogens is 5. The van der Waals surface area contributed by atoms with Crippen molar-refractivity contribution in [3.05, 3.63) is 45.6 Å². The molecule has 1 saturated heterocycles. The van der Waals surface area contributed by atoms with Crippen molar-refractivity contribution >= 4 is 52.4 Å². The van der Waals surface area contributed by atoms with Gasteiger partial charge in [-0.05, 0) is 34.2 Å². The molecular weight excluding hydrogens is 486 g/mol. The van der Waals surface area contributed by atoms with E-state index in [9.17, 15) is 24.3 Å². The van der Waals surface area contributed by atoms with Gasteiger partial charge in [0.1, 0.15) is 17.1 Å². The molecule has 176 valence electrons. The lowest BCUT2D eigenvalue weighted by Crippen LogP contribution is -2.70. The highest BCUT2D eigenvalue weighted by atomic mass is 32.2. The molecule has 0 aliphatic carbocycles. The Hall–Kier alpha value is -3.59. The highest BCUT2D eigenvalue weighted by molar-refractivity contribution is 8.01. The van der Waals surface area contributed by atoms with Crippen LogP contribution in [-0.4, -0.2) is 75.5 Å². The molecule has 0 radical (unpaired) electrons. The van der Waals surface area contributed by atoms with E-state index in [0.29, 0.717) is 33.3 Å². The number of rotatable bonds is 6. The number of thioether (sulfide) groups is 2. The standard InChI is InChI=1S/C19H17N7O6S2/c1-24-10-5-8(3-4-11(10)32-19(24)31)14(27)20-12-15(28)26-13(17(29)30)9(6-33-16(12)26)7-34-18-21-22-23-25(18)2/h3-5,12,16H,6-7H2,1-2H3,(H,20,27)(H,29,30). The van der Waals surface area contributed by atoms with Crippen LogP contribution in [0.3, 0.4) is 0 Å². The summed E-state index contributed by atoms with van der Waals surface area (Å²) in [4.78, 5) is 50.6. The topological polar surface area (TPSA) is 165 Å². The van der Waals surface area contributed by atoms with Crippen LogP contribution < -0.4 is 11.1 Å². The molecule has 2 unspecified atom stereocenters. The van der Waals surface area contributed by atoms with E-state index in [1.807, 2.05) is 0 Å². The molecule has 2 aliphatic heterocycles. The van der Waals surface area contributed by atoms with Crippen molar-refractivity contribution in [2.24, 2.45) is 14.1 Å². The molecule has 1 aromatic carbocycles. The first-order valence-corrected chi connectivity index (χ1v) is 11.9. The number of aryl methyl sites for hydroxylation is 2. The molecule has 4 heterocycles. The molecule has 15 heteroatoms. The van der Waals surface area contributed by atoms with Gasteiger partial charge in [0.2, 0.25) is 5.16 Å². The van der Waals surface area contributed by atoms with Crippen LogP contribution in [0.25, 0.3) is 11.1 Å². The summed E-state index contributed by atoms with van der Waals surface area (Å²) in [5.74, 6) is -2.08. The fraction of sp³-hybridized carbons (Fsp3) is 0.316. The van der Waals surface area contributed by atoms with Gasteiger partial charge in [0.25, 0.3) is 11.8 Å². The molecule has 2 N–H and O–H groups in total. The Balaban J connectivity index is 1.33. The number of carboxylic acid groups (broad SMARTS) is 1. The summed E-state index contributed by atoms with van der Waals surface area (Å²) in [6.07, 6.45) is 0. The molecule has 2 amide bonds. The lowest BCUT2D eigenvalue weighted by molar-refractivity contribution is -0.148. The third-order valence-corrected chi connectivity index (χ3v) is 7.98. The zero-order valence-corrected chi connectivity index (χ0v) is 19.4. The second-order valence-electron chi connectivity index (χ2n) is 7.60. The Morgan fingerprint density at radius 3 is 2.82 bits per heavy atom. The van der Waals surface area contributed by atoms with Crippen molar-refractivity contribution in [2.75, 3.05) is 11.5 Å². The number of β-lactam (4-membered cyclic amide) rings is 1. The van der Waals surface area contributed by atoms with Crippen molar-refractivity contribution in [3.63, 3.8) is 0 Å². The number of amides is 2. The monoisotopic (exact) mass is 503 g/mol. The number of nitrogens with zero attached hydrogens (tertiary/aromatic N) is 6. The first-order valence-electron chi connectivity index (χ1n) is 9.92. The first kappa shape index (κ1) is 22.2. The summed E-state index contributed by atoms with van der Waals surface area (Å²) in [7, 11) is 3.20. The lowest BCUT2D eigenvalue weighted by atomic mass is 10.0. The van der Waals surface area contributed by atoms with Gasteiger partial charge < -0.3 is 14.8 Å². The van der Waals surface area contributed by atoms with Gasteiger partial charge in [-0.25, -0.2) is 14.3 Å². The van der Waals surface area contributed by atoms with E-state index >= 15 is 0 Å². The van der Waals surface area contributed by atoms with Gasteiger partial charge in [0, 0.05) is 31.2 Å². The largest absolute Gasteiger partial charge is 0.477 e. The Bertz CT molecular complexity index is 1440. The van der Waals surface area contributed by atoms with Gasteiger partial charge in [-0.3, -0.25) is 19.1 Å². The number of hydrogen-bond acceptors (Lipinski definition) is 10. The molecule has 3 aromatic rings. The number of hydrogen-bond donors (Lipinski definition) is 2. The van der Waals surface area contributed by atoms with Gasteiger partial charge in [-0.2, -0.15) is 0 Å². The van der Waals surface area contributed by atoms with E-state index < -0.39 is 35.0 Å². The number of carboxylic acids is 1. The number of carbonyl (C=O) groups is 3. The van der Waals surface area contributed by atoms with E-state index in [2.05, 4.69) is 20.8 Å². The Morgan fingerprint density at radius 1 is 1.32 bits per heavy atom. The fourth-order valence-corrected chi connectivity index (χ4v) is 6.12. The van der Waals surface area contributed by atoms with E-state index in [4.69, 9.17) is 4.42 Å². The van der Waals surface area contributed by atoms with Crippen molar-refractivity contribution < 1.29 is 23.9 Å². The second kappa shape index (κ2) is 8.32. The van der Waals surface area contributed by atoms with Crippen LogP contribution in [0.5, 0.6) is 0 Å². The summed E-state index contributed by atoms with van der Waals surface area (Å²) in [5, 5.41) is 23.6. The smallest absolute Gasteiger partial charge is 0.419 e. The third kappa shape index (κ3) is 3.56. The molecule has 0 saturated carbocycles. The predicted molar refractivity (Wildman–Crippen MR) is 120 cm³/mol. The molecule has 1 fully saturated rings. The van der Waals surface area contributed by atoms with Crippen LogP contribution in [-0.2, 0) is 23.7 Å². The minimum absolute atomic E-state index is 0.0725. The van der Waals surface area contributed by atoms with Crippen molar-refractivity contribution in [2.45, 2.75) is 16.6 Å². The highest BCUT2D eigenvalue weighted by Gasteiger charge is 2.54. The number of aliphatic carboxylic acids is 1. The minimum atomic E-state index is -1.21. The predicted octanol–water partition coefficient (Wildman–Crippen LogP) is -0.200. The SMILES string of the molecule is Cn1nnnc1SCC1=C(C(=O)O)N2C(=O)C(NC(=O)c3ccc4oc(=O)n(C)c4c3)C2SC1. The van der Waals surface area contributed by atoms with Crippen molar-refractivity contribution in [1.82, 2.24) is 35.0 Å². The fourth-order valence-electron chi connectivity index (χ4n) is 3.78. The van der Waals surface area contributed by atoms with Gasteiger partial charge in [0.05, 0.1) is 5.52 Å². The second-order valence-corrected chi connectivity index (χ2v) is 9.65. The molecule has 13 nitrogen and oxygen atoms in total. The molecular formula is C19H17N7O6S2. The maximum atomic E-state index is 12.9. The first-order chi connectivity index (χ1) is 16.3. The van der Waals surface area contributed by atoms with Crippen LogP contribution in [0.2, 0.25) is 0 Å². The lowest BCUT2D eigenvalue weighted by Gasteiger charge is -2.49. The molecule has 2 aromatic heterocycles. The van der Waals surface area contributed by atoms with Gasteiger partial charge in [0.15, 0.2) is 5.58 Å². The van der Waals surface area contributed by atoms with E-state index in [1.54, 1.807) is 7.05 Å². The average Bonchev–Trinajstić information content (AvgIpc) is 3.36. The molecule has 0 spiro atoms. The summed E-state index contributed by atoms with van der Waals surface area (Å²) in [5.41, 5.74) is 1.54. The summed E-state index contributed by atoms with van der Waals surface area (Å²) in [6, 6.07) is 3.64. The Morgan fingerprint density at radius 2 is 2.12 bits per heavy atom. The van der Waals surface area contributed by atoms with Gasteiger partial charge in [-0.1, -0.05) is 11.8 Å². The third-order valence-electron chi connectivity index (χ3n) is 5.55. The summed E-state index contributed by atoms with van der Waals surface area (Å²) in [6.45, 7) is 0. The van der Waals surface area contributed by atoms with E-state index in [-0.39, 0.29) is 11.3 Å². The molecule has 2 aliphatic rings. The van der Waals surface area contributed by atoms with Gasteiger partial charge in [-0.15, -0.1) is 16.9 Å². The van der Waals surface area contributed by atoms with E-state index in [0.717, 1.165) is 0 Å². The number of fused-ring (bicyclic) bond motifs is 2. The number of tetrazole rings is 1. The van der Waals surface area contributed by atoms with Gasteiger partial charge >= 0.3 is 11.7 Å². The van der Waals surface area contributed by atoms with Crippen LogP contribution in [0, 0.1) is 0 Å².